The van der Waals surface area contributed by atoms with E-state index in [4.69, 9.17) is 31.3 Å². The van der Waals surface area contributed by atoms with Crippen molar-refractivity contribution in [3.63, 3.8) is 0 Å². The highest BCUT2D eigenvalue weighted by Gasteiger charge is 2.38. The van der Waals surface area contributed by atoms with E-state index in [-0.39, 0.29) is 17.4 Å². The molecule has 1 aliphatic heterocycles. The van der Waals surface area contributed by atoms with Gasteiger partial charge in [-0.3, -0.25) is 0 Å². The van der Waals surface area contributed by atoms with Crippen LogP contribution in [-0.2, 0) is 9.59 Å². The van der Waals surface area contributed by atoms with E-state index in [0.717, 1.165) is 31.9 Å². The molecule has 0 unspecified atom stereocenters. The van der Waals surface area contributed by atoms with Gasteiger partial charge < -0.3 is 31.9 Å². The Labute approximate surface area is 196 Å². The Bertz CT molecular complexity index is 844. The second-order valence-electron chi connectivity index (χ2n) is 8.20. The molecule has 200 valence electrons. The lowest BCUT2D eigenvalue weighted by atomic mass is 9.97. The molecule has 0 spiro atoms. The number of hydrogen-bond acceptors (Lipinski definition) is 7. The smallest absolute Gasteiger partial charge is 0.475 e. The number of aliphatic carboxylic acids is 2. The van der Waals surface area contributed by atoms with Gasteiger partial charge in [0.1, 0.15) is 5.82 Å². The van der Waals surface area contributed by atoms with Crippen LogP contribution < -0.4 is 21.7 Å². The summed E-state index contributed by atoms with van der Waals surface area (Å²) in [6, 6.07) is 2.07. The Morgan fingerprint density at radius 3 is 2.00 bits per heavy atom. The standard InChI is InChI=1S/C14H25N7.2C2HF3O2/c1-14(2,3)9-18-13-17-6-4-11(20-13)21-7-5-10(8-21)19-12(15)16;2*3-2(4,5)1(6)7/h4,6,10H,5,7-9H2,1-3H3,(H4,15,16,19)(H,17,18,20);2*(H,6,7)/t10-;;/m1../s1. The van der Waals surface area contributed by atoms with Crippen molar-refractivity contribution in [1.29, 1.82) is 0 Å². The number of hydrogen-bond donors (Lipinski definition) is 5. The number of halogens is 6. The van der Waals surface area contributed by atoms with Gasteiger partial charge in [0.25, 0.3) is 0 Å². The van der Waals surface area contributed by atoms with E-state index < -0.39 is 24.3 Å². The number of alkyl halides is 6. The number of rotatable bonds is 4. The monoisotopic (exact) mass is 519 g/mol. The van der Waals surface area contributed by atoms with E-state index in [2.05, 4.69) is 45.9 Å². The van der Waals surface area contributed by atoms with Gasteiger partial charge in [0.05, 0.1) is 6.04 Å². The maximum Gasteiger partial charge on any atom is 0.490 e. The molecule has 1 aromatic heterocycles. The van der Waals surface area contributed by atoms with E-state index in [1.807, 2.05) is 6.07 Å². The van der Waals surface area contributed by atoms with Crippen LogP contribution in [0, 0.1) is 5.41 Å². The summed E-state index contributed by atoms with van der Waals surface area (Å²) in [5.74, 6) is -3.79. The molecular weight excluding hydrogens is 492 g/mol. The largest absolute Gasteiger partial charge is 0.490 e. The Morgan fingerprint density at radius 2 is 1.60 bits per heavy atom. The van der Waals surface area contributed by atoms with Crippen molar-refractivity contribution in [2.45, 2.75) is 45.6 Å². The van der Waals surface area contributed by atoms with Crippen LogP contribution in [0.4, 0.5) is 38.1 Å². The molecule has 1 fully saturated rings. The molecule has 0 bridgehead atoms. The quantitative estimate of drug-likeness (QED) is 0.224. The molecule has 0 radical (unpaired) electrons. The van der Waals surface area contributed by atoms with Gasteiger partial charge in [-0.2, -0.15) is 31.3 Å². The van der Waals surface area contributed by atoms with Crippen molar-refractivity contribution in [3.05, 3.63) is 12.3 Å². The molecule has 35 heavy (non-hydrogen) atoms. The number of aromatic nitrogens is 2. The summed E-state index contributed by atoms with van der Waals surface area (Å²) in [5, 5.41) is 17.5. The molecule has 2 heterocycles. The Balaban J connectivity index is 0.000000680. The number of nitrogens with two attached hydrogens (primary N) is 2. The predicted molar refractivity (Wildman–Crippen MR) is 114 cm³/mol. The van der Waals surface area contributed by atoms with Gasteiger partial charge in [-0.05, 0) is 17.9 Å². The van der Waals surface area contributed by atoms with Crippen LogP contribution in [-0.4, -0.2) is 76.1 Å². The normalized spacial score (nSPS) is 15.7. The zero-order chi connectivity index (χ0) is 27.6. The Kier molecular flexibility index (Phi) is 11.5. The third-order valence-electron chi connectivity index (χ3n) is 3.72. The van der Waals surface area contributed by atoms with Crippen molar-refractivity contribution in [2.24, 2.45) is 21.9 Å². The molecule has 7 N–H and O–H groups in total. The SMILES string of the molecule is CC(C)(C)CNc1nccc(N2CC[C@@H](N=C(N)N)C2)n1.O=C(O)C(F)(F)F.O=C(O)C(F)(F)F. The first-order valence-electron chi connectivity index (χ1n) is 9.73. The van der Waals surface area contributed by atoms with Crippen molar-refractivity contribution in [2.75, 3.05) is 29.9 Å². The average Bonchev–Trinajstić information content (AvgIpc) is 3.13. The highest BCUT2D eigenvalue weighted by atomic mass is 19.4. The van der Waals surface area contributed by atoms with E-state index >= 15 is 0 Å². The lowest BCUT2D eigenvalue weighted by molar-refractivity contribution is -0.193. The van der Waals surface area contributed by atoms with Gasteiger partial charge in [0.15, 0.2) is 5.96 Å². The van der Waals surface area contributed by atoms with E-state index in [9.17, 15) is 26.3 Å². The van der Waals surface area contributed by atoms with Gasteiger partial charge in [0, 0.05) is 25.8 Å². The van der Waals surface area contributed by atoms with Crippen molar-refractivity contribution >= 4 is 29.7 Å². The highest BCUT2D eigenvalue weighted by molar-refractivity contribution is 5.76. The summed E-state index contributed by atoms with van der Waals surface area (Å²) in [6.07, 6.45) is -7.45. The fraction of sp³-hybridized carbons (Fsp3) is 0.611. The molecule has 2 rings (SSSR count). The number of anilines is 2. The number of guanidine groups is 1. The molecule has 1 saturated heterocycles. The third kappa shape index (κ3) is 14.4. The number of nitrogens with zero attached hydrogens (tertiary/aromatic N) is 4. The molecule has 0 aliphatic carbocycles. The second-order valence-corrected chi connectivity index (χ2v) is 8.20. The summed E-state index contributed by atoms with van der Waals surface area (Å²) < 4.78 is 63.5. The van der Waals surface area contributed by atoms with Crippen LogP contribution in [0.25, 0.3) is 0 Å². The fourth-order valence-corrected chi connectivity index (χ4v) is 2.22. The van der Waals surface area contributed by atoms with Crippen molar-refractivity contribution in [3.8, 4) is 0 Å². The molecule has 1 atom stereocenters. The minimum Gasteiger partial charge on any atom is -0.475 e. The lowest BCUT2D eigenvalue weighted by Crippen LogP contribution is -2.27. The van der Waals surface area contributed by atoms with E-state index in [1.165, 1.54) is 0 Å². The van der Waals surface area contributed by atoms with Gasteiger partial charge in [-0.1, -0.05) is 20.8 Å². The molecule has 17 heteroatoms. The maximum atomic E-state index is 10.6. The third-order valence-corrected chi connectivity index (χ3v) is 3.72. The van der Waals surface area contributed by atoms with Gasteiger partial charge in [-0.25, -0.2) is 19.6 Å². The summed E-state index contributed by atoms with van der Waals surface area (Å²) in [6.45, 7) is 9.02. The summed E-state index contributed by atoms with van der Waals surface area (Å²) >= 11 is 0. The van der Waals surface area contributed by atoms with Crippen molar-refractivity contribution in [1.82, 2.24) is 9.97 Å². The second kappa shape index (κ2) is 12.8. The first-order valence-corrected chi connectivity index (χ1v) is 9.73. The molecule has 1 aliphatic rings. The topological polar surface area (TPSA) is 180 Å². The number of carboxylic acids is 2. The number of nitrogens with one attached hydrogen (secondary N) is 1. The van der Waals surface area contributed by atoms with Crippen LogP contribution in [0.5, 0.6) is 0 Å². The number of aliphatic imine (C=N–C) groups is 1. The summed E-state index contributed by atoms with van der Waals surface area (Å²) in [5.41, 5.74) is 11.1. The fourth-order valence-electron chi connectivity index (χ4n) is 2.22. The number of carbonyl (C=O) groups is 2. The van der Waals surface area contributed by atoms with E-state index in [0.29, 0.717) is 5.95 Å². The molecule has 11 nitrogen and oxygen atoms in total. The Hall–Kier alpha value is -3.53. The minimum atomic E-state index is -5.08. The molecular formula is C18H27F6N7O4. The highest BCUT2D eigenvalue weighted by Crippen LogP contribution is 2.21. The van der Waals surface area contributed by atoms with Crippen LogP contribution in [0.2, 0.25) is 0 Å². The van der Waals surface area contributed by atoms with Crippen LogP contribution in [0.15, 0.2) is 17.3 Å². The minimum absolute atomic E-state index is 0.149. The van der Waals surface area contributed by atoms with Gasteiger partial charge in [-0.15, -0.1) is 0 Å². The van der Waals surface area contributed by atoms with Crippen molar-refractivity contribution < 1.29 is 46.1 Å². The average molecular weight is 519 g/mol. The van der Waals surface area contributed by atoms with Crippen LogP contribution in [0.1, 0.15) is 27.2 Å². The van der Waals surface area contributed by atoms with E-state index in [1.54, 1.807) is 6.20 Å². The lowest BCUT2D eigenvalue weighted by Gasteiger charge is -2.20. The summed E-state index contributed by atoms with van der Waals surface area (Å²) in [4.78, 5) is 33.0. The first kappa shape index (κ1) is 31.5. The molecule has 0 aromatic carbocycles. The zero-order valence-electron chi connectivity index (χ0n) is 19.0. The maximum absolute atomic E-state index is 10.6. The van der Waals surface area contributed by atoms with Gasteiger partial charge in [0.2, 0.25) is 5.95 Å². The molecule has 0 amide bonds. The molecule has 0 saturated carbocycles. The first-order chi connectivity index (χ1) is 15.7. The van der Waals surface area contributed by atoms with Gasteiger partial charge >= 0.3 is 24.3 Å². The predicted octanol–water partition coefficient (Wildman–Crippen LogP) is 2.05. The Morgan fingerprint density at radius 1 is 1.11 bits per heavy atom. The summed E-state index contributed by atoms with van der Waals surface area (Å²) in [7, 11) is 0. The van der Waals surface area contributed by atoms with Crippen LogP contribution in [0.3, 0.4) is 0 Å². The zero-order valence-corrected chi connectivity index (χ0v) is 19.0. The molecule has 1 aromatic rings. The number of carboxylic acid groups (broad SMARTS) is 2. The van der Waals surface area contributed by atoms with Crippen LogP contribution >= 0.6 is 0 Å².